The van der Waals surface area contributed by atoms with Gasteiger partial charge in [0.05, 0.1) is 11.3 Å². The lowest BCUT2D eigenvalue weighted by molar-refractivity contribution is -0.115. The highest BCUT2D eigenvalue weighted by atomic mass is 32.2. The van der Waals surface area contributed by atoms with Crippen LogP contribution in [0.25, 0.3) is 0 Å². The highest BCUT2D eigenvalue weighted by molar-refractivity contribution is 7.99. The van der Waals surface area contributed by atoms with Crippen molar-refractivity contribution in [1.29, 1.82) is 0 Å². The van der Waals surface area contributed by atoms with Gasteiger partial charge in [-0.25, -0.2) is 0 Å². The van der Waals surface area contributed by atoms with E-state index in [1.54, 1.807) is 30.0 Å². The van der Waals surface area contributed by atoms with Gasteiger partial charge in [-0.05, 0) is 44.5 Å². The molecule has 26 heavy (non-hydrogen) atoms. The maximum absolute atomic E-state index is 12.4. The molecule has 0 aliphatic carbocycles. The van der Waals surface area contributed by atoms with Crippen LogP contribution in [-0.2, 0) is 4.79 Å². The summed E-state index contributed by atoms with van der Waals surface area (Å²) < 4.78 is 0. The average molecular weight is 371 g/mol. The minimum atomic E-state index is -0.163. The Morgan fingerprint density at radius 2 is 1.77 bits per heavy atom. The number of aryl methyl sites for hydroxylation is 1. The Balaban J connectivity index is 1.90. The van der Waals surface area contributed by atoms with Gasteiger partial charge < -0.3 is 10.6 Å². The number of nitrogens with one attached hydrogen (secondary N) is 2. The summed E-state index contributed by atoms with van der Waals surface area (Å²) in [6, 6.07) is 15.5. The van der Waals surface area contributed by atoms with Gasteiger partial charge in [0.15, 0.2) is 0 Å². The average Bonchev–Trinajstić information content (AvgIpc) is 2.63. The van der Waals surface area contributed by atoms with Gasteiger partial charge in [0.25, 0.3) is 5.91 Å². The number of para-hydroxylation sites is 1. The third-order valence-electron chi connectivity index (χ3n) is 4.05. The van der Waals surface area contributed by atoms with Gasteiger partial charge in [0.1, 0.15) is 0 Å². The fourth-order valence-electron chi connectivity index (χ4n) is 2.30. The quantitative estimate of drug-likeness (QED) is 0.665. The summed E-state index contributed by atoms with van der Waals surface area (Å²) in [6.07, 6.45) is 1.25. The Morgan fingerprint density at radius 1 is 1.08 bits per heavy atom. The standard InChI is InChI=1S/C21H26N2O2S/c1-4-16(3)22-21(25)18-7-5-6-8-19(18)23-20(24)13-14-26-17-11-9-15(2)10-12-17/h5-12,16H,4,13-14H2,1-3H3,(H,22,25)(H,23,24)/t16-/m0/s1. The lowest BCUT2D eigenvalue weighted by atomic mass is 10.1. The van der Waals surface area contributed by atoms with Crippen LogP contribution < -0.4 is 10.6 Å². The molecule has 0 aliphatic rings. The number of benzene rings is 2. The number of rotatable bonds is 8. The summed E-state index contributed by atoms with van der Waals surface area (Å²) in [6.45, 7) is 6.03. The third-order valence-corrected chi connectivity index (χ3v) is 5.07. The molecule has 0 saturated carbocycles. The molecule has 4 nitrogen and oxygen atoms in total. The molecule has 2 rings (SSSR count). The van der Waals surface area contributed by atoms with E-state index in [1.165, 1.54) is 5.56 Å². The molecular weight excluding hydrogens is 344 g/mol. The zero-order chi connectivity index (χ0) is 18.9. The molecule has 0 unspecified atom stereocenters. The van der Waals surface area contributed by atoms with E-state index in [1.807, 2.05) is 19.9 Å². The van der Waals surface area contributed by atoms with E-state index in [2.05, 4.69) is 41.8 Å². The summed E-state index contributed by atoms with van der Waals surface area (Å²) in [4.78, 5) is 25.8. The second-order valence-corrected chi connectivity index (χ2v) is 7.46. The molecule has 0 aromatic heterocycles. The van der Waals surface area contributed by atoms with Crippen LogP contribution in [0.2, 0.25) is 0 Å². The van der Waals surface area contributed by atoms with Crippen LogP contribution in [0.3, 0.4) is 0 Å². The summed E-state index contributed by atoms with van der Waals surface area (Å²) >= 11 is 1.65. The molecule has 2 aromatic carbocycles. The first kappa shape index (κ1) is 20.0. The lowest BCUT2D eigenvalue weighted by Gasteiger charge is -2.14. The number of hydrogen-bond donors (Lipinski definition) is 2. The van der Waals surface area contributed by atoms with Gasteiger partial charge in [-0.1, -0.05) is 36.8 Å². The van der Waals surface area contributed by atoms with Gasteiger partial charge >= 0.3 is 0 Å². The first-order valence-corrected chi connectivity index (χ1v) is 9.87. The van der Waals surface area contributed by atoms with Crippen LogP contribution in [0.5, 0.6) is 0 Å². The lowest BCUT2D eigenvalue weighted by Crippen LogP contribution is -2.32. The summed E-state index contributed by atoms with van der Waals surface area (Å²) in [5.41, 5.74) is 2.27. The van der Waals surface area contributed by atoms with E-state index in [0.717, 1.165) is 11.3 Å². The number of thioether (sulfide) groups is 1. The predicted octanol–water partition coefficient (Wildman–Crippen LogP) is 4.64. The number of amides is 2. The molecular formula is C21H26N2O2S. The maximum Gasteiger partial charge on any atom is 0.253 e. The first-order valence-electron chi connectivity index (χ1n) is 8.88. The Hall–Kier alpha value is -2.27. The molecule has 2 aromatic rings. The fraction of sp³-hybridized carbons (Fsp3) is 0.333. The summed E-state index contributed by atoms with van der Waals surface area (Å²) in [5, 5.41) is 5.80. The van der Waals surface area contributed by atoms with Crippen molar-refractivity contribution >= 4 is 29.3 Å². The van der Waals surface area contributed by atoms with Crippen LogP contribution in [0.4, 0.5) is 5.69 Å². The monoisotopic (exact) mass is 370 g/mol. The number of carbonyl (C=O) groups is 2. The van der Waals surface area contributed by atoms with Crippen molar-refractivity contribution in [3.63, 3.8) is 0 Å². The van der Waals surface area contributed by atoms with E-state index in [0.29, 0.717) is 23.4 Å². The first-order chi connectivity index (χ1) is 12.5. The van der Waals surface area contributed by atoms with Gasteiger partial charge in [0, 0.05) is 23.1 Å². The number of anilines is 1. The van der Waals surface area contributed by atoms with Gasteiger partial charge in [-0.15, -0.1) is 11.8 Å². The third kappa shape index (κ3) is 6.23. The van der Waals surface area contributed by atoms with Gasteiger partial charge in [-0.3, -0.25) is 9.59 Å². The zero-order valence-electron chi connectivity index (χ0n) is 15.5. The topological polar surface area (TPSA) is 58.2 Å². The number of carbonyl (C=O) groups excluding carboxylic acids is 2. The van der Waals surface area contributed by atoms with Crippen LogP contribution in [-0.4, -0.2) is 23.6 Å². The fourth-order valence-corrected chi connectivity index (χ4v) is 3.15. The predicted molar refractivity (Wildman–Crippen MR) is 109 cm³/mol. The molecule has 0 spiro atoms. The van der Waals surface area contributed by atoms with Crippen molar-refractivity contribution in [2.75, 3.05) is 11.1 Å². The molecule has 0 radical (unpaired) electrons. The van der Waals surface area contributed by atoms with Crippen molar-refractivity contribution in [2.45, 2.75) is 44.6 Å². The van der Waals surface area contributed by atoms with Gasteiger partial charge in [0.2, 0.25) is 5.91 Å². The Kier molecular flexibility index (Phi) is 7.73. The Morgan fingerprint density at radius 3 is 2.46 bits per heavy atom. The van der Waals surface area contributed by atoms with E-state index >= 15 is 0 Å². The maximum atomic E-state index is 12.4. The highest BCUT2D eigenvalue weighted by Crippen LogP contribution is 2.20. The van der Waals surface area contributed by atoms with Crippen molar-refractivity contribution in [3.8, 4) is 0 Å². The van der Waals surface area contributed by atoms with E-state index in [9.17, 15) is 9.59 Å². The highest BCUT2D eigenvalue weighted by Gasteiger charge is 2.14. The molecule has 0 fully saturated rings. The largest absolute Gasteiger partial charge is 0.350 e. The summed E-state index contributed by atoms with van der Waals surface area (Å²) in [5.74, 6) is 0.438. The molecule has 0 heterocycles. The van der Waals surface area contributed by atoms with Crippen molar-refractivity contribution in [3.05, 3.63) is 59.7 Å². The van der Waals surface area contributed by atoms with Crippen LogP contribution in [0, 0.1) is 6.92 Å². The second kappa shape index (κ2) is 10.0. The minimum Gasteiger partial charge on any atom is -0.350 e. The molecule has 0 aliphatic heterocycles. The smallest absolute Gasteiger partial charge is 0.253 e. The van der Waals surface area contributed by atoms with E-state index in [4.69, 9.17) is 0 Å². The molecule has 0 saturated heterocycles. The van der Waals surface area contributed by atoms with Crippen LogP contribution in [0.15, 0.2) is 53.4 Å². The number of hydrogen-bond acceptors (Lipinski definition) is 3. The minimum absolute atomic E-state index is 0.0894. The van der Waals surface area contributed by atoms with Crippen LogP contribution in [0.1, 0.15) is 42.6 Å². The second-order valence-electron chi connectivity index (χ2n) is 6.29. The molecule has 2 amide bonds. The molecule has 1 atom stereocenters. The summed E-state index contributed by atoms with van der Waals surface area (Å²) in [7, 11) is 0. The SMILES string of the molecule is CC[C@H](C)NC(=O)c1ccccc1NC(=O)CCSc1ccc(C)cc1. The normalized spacial score (nSPS) is 11.7. The Labute approximate surface area is 159 Å². The molecule has 2 N–H and O–H groups in total. The Bertz CT molecular complexity index is 744. The zero-order valence-corrected chi connectivity index (χ0v) is 16.4. The van der Waals surface area contributed by atoms with Crippen LogP contribution >= 0.6 is 11.8 Å². The molecule has 5 heteroatoms. The van der Waals surface area contributed by atoms with E-state index < -0.39 is 0 Å². The van der Waals surface area contributed by atoms with E-state index in [-0.39, 0.29) is 17.9 Å². The molecule has 138 valence electrons. The van der Waals surface area contributed by atoms with Crippen molar-refractivity contribution < 1.29 is 9.59 Å². The van der Waals surface area contributed by atoms with Gasteiger partial charge in [-0.2, -0.15) is 0 Å². The molecule has 0 bridgehead atoms. The van der Waals surface area contributed by atoms with Crippen molar-refractivity contribution in [2.24, 2.45) is 0 Å². The van der Waals surface area contributed by atoms with Crippen molar-refractivity contribution in [1.82, 2.24) is 5.32 Å².